The van der Waals surface area contributed by atoms with Gasteiger partial charge in [0.2, 0.25) is 0 Å². The zero-order valence-corrected chi connectivity index (χ0v) is 14.8. The van der Waals surface area contributed by atoms with E-state index in [1.165, 1.54) is 6.92 Å². The van der Waals surface area contributed by atoms with Crippen LogP contribution in [0.15, 0.2) is 0 Å². The number of alkyl carbamates (subject to hydrolysis) is 1. The third kappa shape index (κ3) is 8.71. The molecule has 0 bridgehead atoms. The molecule has 1 aliphatic heterocycles. The molecule has 1 amide bonds. The molecule has 0 aromatic rings. The van der Waals surface area contributed by atoms with Gasteiger partial charge < -0.3 is 24.3 Å². The van der Waals surface area contributed by atoms with Gasteiger partial charge in [0.1, 0.15) is 12.2 Å². The van der Waals surface area contributed by atoms with Gasteiger partial charge in [-0.3, -0.25) is 4.79 Å². The highest BCUT2D eigenvalue weighted by Crippen LogP contribution is 2.15. The Morgan fingerprint density at radius 3 is 2.33 bits per heavy atom. The van der Waals surface area contributed by atoms with Gasteiger partial charge in [-0.05, 0) is 39.5 Å². The van der Waals surface area contributed by atoms with E-state index in [9.17, 15) is 14.4 Å². The van der Waals surface area contributed by atoms with Crippen molar-refractivity contribution >= 4 is 18.0 Å². The van der Waals surface area contributed by atoms with Crippen LogP contribution in [0.1, 0.15) is 40.5 Å². The number of carbonyl (C=O) groups excluding carboxylic acids is 3. The number of hydrogen-bond acceptors (Lipinski definition) is 7. The van der Waals surface area contributed by atoms with Gasteiger partial charge in [-0.2, -0.15) is 0 Å². The molecule has 0 aromatic heterocycles. The van der Waals surface area contributed by atoms with Crippen LogP contribution in [0.3, 0.4) is 0 Å². The molecule has 1 aliphatic rings. The van der Waals surface area contributed by atoms with Gasteiger partial charge in [0.05, 0.1) is 6.61 Å². The summed E-state index contributed by atoms with van der Waals surface area (Å²) >= 11 is 0. The Balaban J connectivity index is 2.53. The number of esters is 2. The molecule has 0 spiro atoms. The summed E-state index contributed by atoms with van der Waals surface area (Å²) in [6.07, 6.45) is 0.866. The smallest absolute Gasteiger partial charge is 0.408 e. The predicted octanol–water partition coefficient (Wildman–Crippen LogP) is 1.41. The lowest BCUT2D eigenvalue weighted by Crippen LogP contribution is -2.47. The van der Waals surface area contributed by atoms with Crippen molar-refractivity contribution < 1.29 is 33.3 Å². The molecule has 24 heavy (non-hydrogen) atoms. The van der Waals surface area contributed by atoms with E-state index in [1.807, 2.05) is 0 Å². The first-order valence-corrected chi connectivity index (χ1v) is 8.04. The normalized spacial score (nSPS) is 16.8. The largest absolute Gasteiger partial charge is 0.464 e. The monoisotopic (exact) mass is 345 g/mol. The minimum absolute atomic E-state index is 0.235. The maximum Gasteiger partial charge on any atom is 0.408 e. The van der Waals surface area contributed by atoms with Crippen LogP contribution in [0.25, 0.3) is 0 Å². The average molecular weight is 345 g/mol. The van der Waals surface area contributed by atoms with Crippen molar-refractivity contribution in [2.24, 2.45) is 5.92 Å². The lowest BCUT2D eigenvalue weighted by Gasteiger charge is -2.24. The second kappa shape index (κ2) is 9.46. The first-order valence-electron chi connectivity index (χ1n) is 8.04. The number of amides is 1. The maximum absolute atomic E-state index is 12.2. The number of hydrogen-bond donors (Lipinski definition) is 1. The van der Waals surface area contributed by atoms with E-state index in [0.29, 0.717) is 13.2 Å². The van der Waals surface area contributed by atoms with Crippen LogP contribution in [0, 0.1) is 5.92 Å². The molecule has 0 saturated carbocycles. The summed E-state index contributed by atoms with van der Waals surface area (Å²) in [4.78, 5) is 35.0. The van der Waals surface area contributed by atoms with Crippen molar-refractivity contribution in [2.75, 3.05) is 26.4 Å². The minimum Gasteiger partial charge on any atom is -0.464 e. The fraction of sp³-hybridized carbons (Fsp3) is 0.812. The van der Waals surface area contributed by atoms with Crippen LogP contribution < -0.4 is 5.32 Å². The predicted molar refractivity (Wildman–Crippen MR) is 84.3 cm³/mol. The number of ether oxygens (including phenoxy) is 4. The van der Waals surface area contributed by atoms with E-state index in [-0.39, 0.29) is 19.1 Å². The summed E-state index contributed by atoms with van der Waals surface area (Å²) < 4.78 is 20.4. The minimum atomic E-state index is -1.11. The Morgan fingerprint density at radius 2 is 1.79 bits per heavy atom. The van der Waals surface area contributed by atoms with Gasteiger partial charge in [0.15, 0.2) is 6.04 Å². The third-order valence-electron chi connectivity index (χ3n) is 3.23. The third-order valence-corrected chi connectivity index (χ3v) is 3.23. The van der Waals surface area contributed by atoms with Crippen LogP contribution >= 0.6 is 0 Å². The van der Waals surface area contributed by atoms with Crippen LogP contribution in [-0.4, -0.2) is 56.1 Å². The second-order valence-corrected chi connectivity index (χ2v) is 6.69. The first kappa shape index (κ1) is 20.2. The van der Waals surface area contributed by atoms with E-state index in [4.69, 9.17) is 18.9 Å². The van der Waals surface area contributed by atoms with Crippen molar-refractivity contribution in [3.63, 3.8) is 0 Å². The molecular weight excluding hydrogens is 318 g/mol. The fourth-order valence-electron chi connectivity index (χ4n) is 2.03. The number of nitrogens with one attached hydrogen (secondary N) is 1. The highest BCUT2D eigenvalue weighted by Gasteiger charge is 2.27. The summed E-state index contributed by atoms with van der Waals surface area (Å²) in [6.45, 7) is 7.57. The molecule has 1 N–H and O–H groups in total. The molecule has 0 aliphatic carbocycles. The highest BCUT2D eigenvalue weighted by atomic mass is 16.6. The average Bonchev–Trinajstić information content (AvgIpc) is 2.48. The maximum atomic E-state index is 12.2. The Morgan fingerprint density at radius 1 is 1.17 bits per heavy atom. The van der Waals surface area contributed by atoms with Gasteiger partial charge in [0.25, 0.3) is 0 Å². The summed E-state index contributed by atoms with van der Waals surface area (Å²) in [5.41, 5.74) is -0.706. The summed E-state index contributed by atoms with van der Waals surface area (Å²) in [6, 6.07) is -1.11. The summed E-state index contributed by atoms with van der Waals surface area (Å²) in [5, 5.41) is 2.38. The highest BCUT2D eigenvalue weighted by molar-refractivity contribution is 5.82. The molecule has 138 valence electrons. The van der Waals surface area contributed by atoms with Crippen LogP contribution in [-0.2, 0) is 28.5 Å². The standard InChI is InChI=1S/C16H27NO7/c1-11(18)22-10-13(17-15(20)24-16(2,3)4)14(19)23-9-12-5-7-21-8-6-12/h12-13H,5-10H2,1-4H3,(H,17,20)/t13-/m0/s1. The van der Waals surface area contributed by atoms with E-state index in [2.05, 4.69) is 5.32 Å². The molecule has 1 saturated heterocycles. The lowest BCUT2D eigenvalue weighted by molar-refractivity contribution is -0.153. The zero-order chi connectivity index (χ0) is 18.2. The second-order valence-electron chi connectivity index (χ2n) is 6.69. The molecule has 0 radical (unpaired) electrons. The van der Waals surface area contributed by atoms with Gasteiger partial charge in [0, 0.05) is 20.1 Å². The molecule has 1 rings (SSSR count). The molecule has 1 fully saturated rings. The Labute approximate surface area is 142 Å². The Kier molecular flexibility index (Phi) is 7.97. The van der Waals surface area contributed by atoms with Crippen LogP contribution in [0.4, 0.5) is 4.79 Å². The fourth-order valence-corrected chi connectivity index (χ4v) is 2.03. The SMILES string of the molecule is CC(=O)OC[C@H](NC(=O)OC(C)(C)C)C(=O)OCC1CCOCC1. The van der Waals surface area contributed by atoms with Crippen molar-refractivity contribution in [1.29, 1.82) is 0 Å². The molecule has 1 heterocycles. The van der Waals surface area contributed by atoms with Gasteiger partial charge in [-0.15, -0.1) is 0 Å². The quantitative estimate of drug-likeness (QED) is 0.574. The van der Waals surface area contributed by atoms with Crippen molar-refractivity contribution in [1.82, 2.24) is 5.32 Å². The number of carbonyl (C=O) groups is 3. The van der Waals surface area contributed by atoms with E-state index in [1.54, 1.807) is 20.8 Å². The molecule has 1 atom stereocenters. The number of rotatable bonds is 6. The summed E-state index contributed by atoms with van der Waals surface area (Å²) in [5.74, 6) is -0.976. The molecule has 0 unspecified atom stereocenters. The summed E-state index contributed by atoms with van der Waals surface area (Å²) in [7, 11) is 0. The van der Waals surface area contributed by atoms with Gasteiger partial charge in [-0.1, -0.05) is 0 Å². The first-order chi connectivity index (χ1) is 11.2. The van der Waals surface area contributed by atoms with Gasteiger partial charge >= 0.3 is 18.0 Å². The molecule has 8 nitrogen and oxygen atoms in total. The zero-order valence-electron chi connectivity index (χ0n) is 14.8. The Bertz CT molecular complexity index is 438. The molecule has 8 heteroatoms. The van der Waals surface area contributed by atoms with Crippen LogP contribution in [0.5, 0.6) is 0 Å². The molecule has 0 aromatic carbocycles. The van der Waals surface area contributed by atoms with E-state index < -0.39 is 29.7 Å². The van der Waals surface area contributed by atoms with E-state index >= 15 is 0 Å². The lowest BCUT2D eigenvalue weighted by atomic mass is 10.0. The van der Waals surface area contributed by atoms with Gasteiger partial charge in [-0.25, -0.2) is 9.59 Å². The van der Waals surface area contributed by atoms with Crippen LogP contribution in [0.2, 0.25) is 0 Å². The Hall–Kier alpha value is -1.83. The van der Waals surface area contributed by atoms with Crippen molar-refractivity contribution in [3.05, 3.63) is 0 Å². The molecular formula is C16H27NO7. The van der Waals surface area contributed by atoms with Crippen molar-refractivity contribution in [2.45, 2.75) is 52.2 Å². The topological polar surface area (TPSA) is 100 Å². The van der Waals surface area contributed by atoms with E-state index in [0.717, 1.165) is 12.8 Å². The van der Waals surface area contributed by atoms with Crippen molar-refractivity contribution in [3.8, 4) is 0 Å².